The van der Waals surface area contributed by atoms with Crippen molar-refractivity contribution >= 4 is 10.9 Å². The van der Waals surface area contributed by atoms with Gasteiger partial charge in [-0.3, -0.25) is 0 Å². The number of H-pyrrole nitrogens is 1. The molecule has 3 N–H and O–H groups in total. The lowest BCUT2D eigenvalue weighted by atomic mass is 10.0. The van der Waals surface area contributed by atoms with Crippen LogP contribution in [0.3, 0.4) is 0 Å². The van der Waals surface area contributed by atoms with Crippen LogP contribution in [0.2, 0.25) is 0 Å². The summed E-state index contributed by atoms with van der Waals surface area (Å²) in [7, 11) is 0. The van der Waals surface area contributed by atoms with E-state index in [1.54, 1.807) is 12.5 Å². The van der Waals surface area contributed by atoms with Gasteiger partial charge in [0.1, 0.15) is 0 Å². The van der Waals surface area contributed by atoms with E-state index in [1.807, 2.05) is 27.6 Å². The number of aromatic amines is 1. The Morgan fingerprint density at radius 1 is 1.07 bits per heavy atom. The fraction of sp³-hybridized carbons (Fsp3) is 0.348. The average Bonchev–Trinajstić information content (AvgIpc) is 3.45. The van der Waals surface area contributed by atoms with Crippen LogP contribution >= 0.6 is 0 Å². The minimum Gasteiger partial charge on any atom is -0.503 e. The number of benzene rings is 1. The zero-order chi connectivity index (χ0) is 20.2. The van der Waals surface area contributed by atoms with Gasteiger partial charge >= 0.3 is 0 Å². The summed E-state index contributed by atoms with van der Waals surface area (Å²) in [5, 5.41) is 22.6. The standard InChI is InChI=1S/C23H28N4O2/c1-2-3-4-6-19-21(18-7-8-20-17(15-18)9-10-25-20)27(23(29)22(19)28)13-5-12-26-14-11-24-16-26/h7-11,14-16,25,28-29H,2-6,12-13H2,1H3. The van der Waals surface area contributed by atoms with Gasteiger partial charge in [-0.25, -0.2) is 4.98 Å². The molecular formula is C23H28N4O2. The van der Waals surface area contributed by atoms with Crippen LogP contribution in [-0.4, -0.2) is 29.3 Å². The van der Waals surface area contributed by atoms with Crippen molar-refractivity contribution < 1.29 is 10.2 Å². The van der Waals surface area contributed by atoms with Crippen LogP contribution in [0.4, 0.5) is 0 Å². The number of aromatic hydroxyl groups is 2. The van der Waals surface area contributed by atoms with E-state index in [1.165, 1.54) is 0 Å². The van der Waals surface area contributed by atoms with Gasteiger partial charge in [-0.2, -0.15) is 0 Å². The quantitative estimate of drug-likeness (QED) is 0.348. The highest BCUT2D eigenvalue weighted by atomic mass is 16.3. The molecule has 4 aromatic rings. The maximum absolute atomic E-state index is 10.7. The van der Waals surface area contributed by atoms with Gasteiger partial charge in [0.05, 0.1) is 12.0 Å². The molecule has 0 bridgehead atoms. The van der Waals surface area contributed by atoms with E-state index in [4.69, 9.17) is 0 Å². The number of hydrogen-bond acceptors (Lipinski definition) is 3. The molecule has 0 atom stereocenters. The second-order valence-corrected chi connectivity index (χ2v) is 7.54. The molecular weight excluding hydrogens is 364 g/mol. The average molecular weight is 393 g/mol. The third kappa shape index (κ3) is 3.88. The Bertz CT molecular complexity index is 1080. The maximum atomic E-state index is 10.7. The van der Waals surface area contributed by atoms with Crippen molar-refractivity contribution in [2.24, 2.45) is 0 Å². The van der Waals surface area contributed by atoms with Crippen molar-refractivity contribution in [1.82, 2.24) is 19.1 Å². The molecule has 4 rings (SSSR count). The van der Waals surface area contributed by atoms with Gasteiger partial charge in [-0.05, 0) is 43.0 Å². The van der Waals surface area contributed by atoms with Crippen LogP contribution in [0.25, 0.3) is 22.2 Å². The Balaban J connectivity index is 1.70. The van der Waals surface area contributed by atoms with Crippen LogP contribution in [0.1, 0.15) is 38.2 Å². The predicted molar refractivity (Wildman–Crippen MR) is 115 cm³/mol. The molecule has 0 aliphatic heterocycles. The molecule has 0 aliphatic carbocycles. The van der Waals surface area contributed by atoms with E-state index in [2.05, 4.69) is 35.1 Å². The summed E-state index contributed by atoms with van der Waals surface area (Å²) < 4.78 is 3.88. The first-order chi connectivity index (χ1) is 14.2. The fourth-order valence-electron chi connectivity index (χ4n) is 4.01. The molecule has 1 aromatic carbocycles. The monoisotopic (exact) mass is 392 g/mol. The molecule has 6 heteroatoms. The molecule has 3 aromatic heterocycles. The highest BCUT2D eigenvalue weighted by molar-refractivity contribution is 5.86. The van der Waals surface area contributed by atoms with E-state index in [9.17, 15) is 10.2 Å². The Morgan fingerprint density at radius 2 is 1.97 bits per heavy atom. The number of nitrogens with zero attached hydrogens (tertiary/aromatic N) is 3. The van der Waals surface area contributed by atoms with Gasteiger partial charge in [0, 0.05) is 48.1 Å². The first-order valence-electron chi connectivity index (χ1n) is 10.4. The van der Waals surface area contributed by atoms with Crippen LogP contribution in [0, 0.1) is 0 Å². The summed E-state index contributed by atoms with van der Waals surface area (Å²) in [6, 6.07) is 8.28. The normalized spacial score (nSPS) is 11.5. The van der Waals surface area contributed by atoms with Crippen molar-refractivity contribution in [2.45, 2.75) is 52.1 Å². The zero-order valence-electron chi connectivity index (χ0n) is 16.8. The SMILES string of the molecule is CCCCCc1c(O)c(O)n(CCCn2ccnc2)c1-c1ccc2[nH]ccc2c1. The smallest absolute Gasteiger partial charge is 0.235 e. The molecule has 0 amide bonds. The molecule has 0 saturated carbocycles. The Hall–Kier alpha value is -3.15. The first kappa shape index (κ1) is 19.2. The van der Waals surface area contributed by atoms with Gasteiger partial charge in [0.2, 0.25) is 5.88 Å². The number of aromatic nitrogens is 4. The lowest BCUT2D eigenvalue weighted by Crippen LogP contribution is -2.05. The van der Waals surface area contributed by atoms with Crippen molar-refractivity contribution in [3.8, 4) is 22.9 Å². The number of hydrogen-bond donors (Lipinski definition) is 3. The van der Waals surface area contributed by atoms with Crippen molar-refractivity contribution in [1.29, 1.82) is 0 Å². The molecule has 0 radical (unpaired) electrons. The minimum atomic E-state index is -0.0358. The summed E-state index contributed by atoms with van der Waals surface area (Å²) in [6.45, 7) is 3.59. The molecule has 0 unspecified atom stereocenters. The van der Waals surface area contributed by atoms with Gasteiger partial charge in [0.25, 0.3) is 0 Å². The lowest BCUT2D eigenvalue weighted by molar-refractivity contribution is 0.367. The molecule has 152 valence electrons. The summed E-state index contributed by atoms with van der Waals surface area (Å²) in [5.74, 6) is -0.0146. The second kappa shape index (κ2) is 8.47. The predicted octanol–water partition coefficient (Wildman–Crippen LogP) is 5.07. The second-order valence-electron chi connectivity index (χ2n) is 7.54. The summed E-state index contributed by atoms with van der Waals surface area (Å²) in [6.07, 6.45) is 12.2. The van der Waals surface area contributed by atoms with E-state index < -0.39 is 0 Å². The van der Waals surface area contributed by atoms with Crippen molar-refractivity contribution in [3.05, 3.63) is 54.7 Å². The van der Waals surface area contributed by atoms with Gasteiger partial charge in [-0.15, -0.1) is 0 Å². The topological polar surface area (TPSA) is 79.0 Å². The Kier molecular flexibility index (Phi) is 5.60. The molecule has 6 nitrogen and oxygen atoms in total. The largest absolute Gasteiger partial charge is 0.503 e. The van der Waals surface area contributed by atoms with E-state index in [-0.39, 0.29) is 11.6 Å². The Labute approximate surface area is 170 Å². The lowest BCUT2D eigenvalue weighted by Gasteiger charge is -2.13. The summed E-state index contributed by atoms with van der Waals surface area (Å²) >= 11 is 0. The van der Waals surface area contributed by atoms with Crippen LogP contribution in [0.15, 0.2) is 49.2 Å². The third-order valence-electron chi connectivity index (χ3n) is 5.52. The molecule has 0 aliphatic rings. The van der Waals surface area contributed by atoms with Crippen LogP contribution in [-0.2, 0) is 19.5 Å². The molecule has 3 heterocycles. The molecule has 0 spiro atoms. The zero-order valence-corrected chi connectivity index (χ0v) is 16.8. The Morgan fingerprint density at radius 3 is 2.76 bits per heavy atom. The molecule has 0 fully saturated rings. The van der Waals surface area contributed by atoms with E-state index in [0.717, 1.165) is 66.4 Å². The minimum absolute atomic E-state index is 0.0212. The highest BCUT2D eigenvalue weighted by Crippen LogP contribution is 2.42. The van der Waals surface area contributed by atoms with Crippen molar-refractivity contribution in [3.63, 3.8) is 0 Å². The van der Waals surface area contributed by atoms with E-state index >= 15 is 0 Å². The summed E-state index contributed by atoms with van der Waals surface area (Å²) in [5.41, 5.74) is 3.85. The van der Waals surface area contributed by atoms with Crippen LogP contribution in [0.5, 0.6) is 11.6 Å². The third-order valence-corrected chi connectivity index (χ3v) is 5.52. The van der Waals surface area contributed by atoms with Gasteiger partial charge in [-0.1, -0.05) is 25.8 Å². The number of aryl methyl sites for hydroxylation is 1. The molecule has 0 saturated heterocycles. The number of nitrogens with one attached hydrogen (secondary N) is 1. The maximum Gasteiger partial charge on any atom is 0.235 e. The van der Waals surface area contributed by atoms with Crippen LogP contribution < -0.4 is 0 Å². The summed E-state index contributed by atoms with van der Waals surface area (Å²) in [4.78, 5) is 7.30. The highest BCUT2D eigenvalue weighted by Gasteiger charge is 2.23. The first-order valence-corrected chi connectivity index (χ1v) is 10.4. The fourth-order valence-corrected chi connectivity index (χ4v) is 4.01. The van der Waals surface area contributed by atoms with E-state index in [0.29, 0.717) is 6.54 Å². The number of imidazole rings is 1. The van der Waals surface area contributed by atoms with Gasteiger partial charge in [0.15, 0.2) is 5.75 Å². The number of fused-ring (bicyclic) bond motifs is 1. The van der Waals surface area contributed by atoms with Crippen molar-refractivity contribution in [2.75, 3.05) is 0 Å². The number of rotatable bonds is 9. The molecule has 29 heavy (non-hydrogen) atoms. The van der Waals surface area contributed by atoms with Gasteiger partial charge < -0.3 is 24.3 Å². The number of unbranched alkanes of at least 4 members (excludes halogenated alkanes) is 2.